The second-order valence-electron chi connectivity index (χ2n) is 4.76. The molecule has 0 heterocycles. The highest BCUT2D eigenvalue weighted by Gasteiger charge is 2.16. The van der Waals surface area contributed by atoms with E-state index in [1.54, 1.807) is 12.1 Å². The van der Waals surface area contributed by atoms with E-state index in [9.17, 15) is 4.79 Å². The molecule has 1 rings (SSSR count). The number of hydrogen-bond donors (Lipinski definition) is 1. The smallest absolute Gasteiger partial charge is 0.251 e. The molecule has 20 heavy (non-hydrogen) atoms. The standard InChI is InChI=1S/C16H24BrNO2/c1-4-12(5-2)15(17)11-18-16(19)13-7-9-14(10-8-13)20-6-3/h7-10,12,15H,4-6,11H2,1-3H3,(H,18,19). The molecule has 0 saturated heterocycles. The Kier molecular flexibility index (Phi) is 7.67. The van der Waals surface area contributed by atoms with Crippen molar-refractivity contribution >= 4 is 21.8 Å². The van der Waals surface area contributed by atoms with Gasteiger partial charge in [-0.05, 0) is 37.1 Å². The van der Waals surface area contributed by atoms with Gasteiger partial charge in [0.15, 0.2) is 0 Å². The molecule has 1 aromatic carbocycles. The van der Waals surface area contributed by atoms with Crippen LogP contribution in [0.15, 0.2) is 24.3 Å². The fraction of sp³-hybridized carbons (Fsp3) is 0.562. The van der Waals surface area contributed by atoms with Crippen molar-refractivity contribution in [1.29, 1.82) is 0 Å². The Balaban J connectivity index is 2.50. The molecule has 1 aromatic rings. The van der Waals surface area contributed by atoms with Gasteiger partial charge in [-0.15, -0.1) is 0 Å². The fourth-order valence-corrected chi connectivity index (χ4v) is 3.04. The van der Waals surface area contributed by atoms with E-state index in [1.807, 2.05) is 19.1 Å². The summed E-state index contributed by atoms with van der Waals surface area (Å²) in [5.41, 5.74) is 0.665. The molecule has 0 spiro atoms. The predicted molar refractivity (Wildman–Crippen MR) is 86.7 cm³/mol. The molecule has 1 atom stereocenters. The predicted octanol–water partition coefficient (Wildman–Crippen LogP) is 4.01. The van der Waals surface area contributed by atoms with Crippen molar-refractivity contribution in [2.24, 2.45) is 5.92 Å². The van der Waals surface area contributed by atoms with E-state index >= 15 is 0 Å². The minimum atomic E-state index is -0.0385. The van der Waals surface area contributed by atoms with Crippen LogP contribution in [0.1, 0.15) is 44.0 Å². The first-order valence-electron chi connectivity index (χ1n) is 7.27. The van der Waals surface area contributed by atoms with Gasteiger partial charge in [0.2, 0.25) is 0 Å². The van der Waals surface area contributed by atoms with Crippen molar-refractivity contribution in [3.8, 4) is 5.75 Å². The number of ether oxygens (including phenoxy) is 1. The number of nitrogens with one attached hydrogen (secondary N) is 1. The third-order valence-electron chi connectivity index (χ3n) is 3.45. The van der Waals surface area contributed by atoms with Crippen molar-refractivity contribution in [3.63, 3.8) is 0 Å². The van der Waals surface area contributed by atoms with Crippen molar-refractivity contribution in [2.45, 2.75) is 38.4 Å². The van der Waals surface area contributed by atoms with Crippen LogP contribution in [0.2, 0.25) is 0 Å². The second-order valence-corrected chi connectivity index (χ2v) is 5.94. The van der Waals surface area contributed by atoms with Gasteiger partial charge in [-0.3, -0.25) is 4.79 Å². The summed E-state index contributed by atoms with van der Waals surface area (Å²) in [5.74, 6) is 1.35. The summed E-state index contributed by atoms with van der Waals surface area (Å²) >= 11 is 3.66. The van der Waals surface area contributed by atoms with E-state index in [0.717, 1.165) is 18.6 Å². The Labute approximate surface area is 130 Å². The number of halogens is 1. The monoisotopic (exact) mass is 341 g/mol. The van der Waals surface area contributed by atoms with Crippen LogP contribution in [0.4, 0.5) is 0 Å². The first kappa shape index (κ1) is 17.0. The first-order valence-corrected chi connectivity index (χ1v) is 8.19. The van der Waals surface area contributed by atoms with Crippen molar-refractivity contribution in [1.82, 2.24) is 5.32 Å². The second kappa shape index (κ2) is 9.01. The van der Waals surface area contributed by atoms with Gasteiger partial charge in [-0.2, -0.15) is 0 Å². The Morgan fingerprint density at radius 2 is 1.80 bits per heavy atom. The lowest BCUT2D eigenvalue weighted by Crippen LogP contribution is -2.32. The van der Waals surface area contributed by atoms with Crippen LogP contribution in [0.5, 0.6) is 5.75 Å². The lowest BCUT2D eigenvalue weighted by Gasteiger charge is -2.19. The Hall–Kier alpha value is -1.03. The normalized spacial score (nSPS) is 12.2. The van der Waals surface area contributed by atoms with E-state index in [-0.39, 0.29) is 5.91 Å². The van der Waals surface area contributed by atoms with Crippen LogP contribution in [0, 0.1) is 5.92 Å². The van der Waals surface area contributed by atoms with Crippen molar-refractivity contribution in [2.75, 3.05) is 13.2 Å². The maximum Gasteiger partial charge on any atom is 0.251 e. The summed E-state index contributed by atoms with van der Waals surface area (Å²) in [4.78, 5) is 12.4. The molecule has 0 aliphatic heterocycles. The van der Waals surface area contributed by atoms with E-state index in [2.05, 4.69) is 35.1 Å². The molecule has 112 valence electrons. The average molecular weight is 342 g/mol. The maximum atomic E-state index is 12.0. The number of alkyl halides is 1. The van der Waals surface area contributed by atoms with Gasteiger partial charge in [0.05, 0.1) is 6.61 Å². The first-order chi connectivity index (χ1) is 9.62. The molecular formula is C16H24BrNO2. The van der Waals surface area contributed by atoms with E-state index in [4.69, 9.17) is 4.74 Å². The van der Waals surface area contributed by atoms with Gasteiger partial charge in [0, 0.05) is 16.9 Å². The highest BCUT2D eigenvalue weighted by molar-refractivity contribution is 9.09. The van der Waals surface area contributed by atoms with Gasteiger partial charge in [-0.1, -0.05) is 42.6 Å². The minimum absolute atomic E-state index is 0.0385. The van der Waals surface area contributed by atoms with Gasteiger partial charge in [0.1, 0.15) is 5.75 Å². The number of benzene rings is 1. The summed E-state index contributed by atoms with van der Waals surface area (Å²) in [6.45, 7) is 7.58. The molecule has 1 unspecified atom stereocenters. The Morgan fingerprint density at radius 3 is 2.30 bits per heavy atom. The molecule has 0 saturated carbocycles. The highest BCUT2D eigenvalue weighted by Crippen LogP contribution is 2.19. The largest absolute Gasteiger partial charge is 0.494 e. The zero-order valence-electron chi connectivity index (χ0n) is 12.5. The Bertz CT molecular complexity index is 401. The van der Waals surface area contributed by atoms with Crippen LogP contribution < -0.4 is 10.1 Å². The summed E-state index contributed by atoms with van der Waals surface area (Å²) in [6, 6.07) is 7.23. The van der Waals surface area contributed by atoms with E-state index in [0.29, 0.717) is 29.5 Å². The zero-order valence-corrected chi connectivity index (χ0v) is 14.1. The van der Waals surface area contributed by atoms with Crippen LogP contribution in [0.25, 0.3) is 0 Å². The summed E-state index contributed by atoms with van der Waals surface area (Å²) in [7, 11) is 0. The van der Waals surface area contributed by atoms with Crippen molar-refractivity contribution in [3.05, 3.63) is 29.8 Å². The van der Waals surface area contributed by atoms with Gasteiger partial charge < -0.3 is 10.1 Å². The Morgan fingerprint density at radius 1 is 1.20 bits per heavy atom. The van der Waals surface area contributed by atoms with E-state index in [1.165, 1.54) is 0 Å². The third kappa shape index (κ3) is 5.16. The number of amides is 1. The van der Waals surface area contributed by atoms with E-state index < -0.39 is 0 Å². The molecule has 0 aromatic heterocycles. The number of rotatable bonds is 8. The number of carbonyl (C=O) groups excluding carboxylic acids is 1. The lowest BCUT2D eigenvalue weighted by atomic mass is 9.99. The van der Waals surface area contributed by atoms with Crippen LogP contribution >= 0.6 is 15.9 Å². The number of carbonyl (C=O) groups is 1. The summed E-state index contributed by atoms with van der Waals surface area (Å²) in [5, 5.41) is 2.97. The molecule has 1 amide bonds. The molecule has 3 nitrogen and oxygen atoms in total. The van der Waals surface area contributed by atoms with Crippen LogP contribution in [-0.4, -0.2) is 23.9 Å². The molecule has 1 N–H and O–H groups in total. The molecule has 0 bridgehead atoms. The molecule has 0 aliphatic rings. The molecule has 0 aliphatic carbocycles. The molecule has 0 fully saturated rings. The van der Waals surface area contributed by atoms with Gasteiger partial charge in [0.25, 0.3) is 5.91 Å². The number of hydrogen-bond acceptors (Lipinski definition) is 2. The highest BCUT2D eigenvalue weighted by atomic mass is 79.9. The minimum Gasteiger partial charge on any atom is -0.494 e. The average Bonchev–Trinajstić information content (AvgIpc) is 2.47. The SMILES string of the molecule is CCOc1ccc(C(=O)NCC(Br)C(CC)CC)cc1. The molecule has 4 heteroatoms. The topological polar surface area (TPSA) is 38.3 Å². The fourth-order valence-electron chi connectivity index (χ4n) is 2.13. The maximum absolute atomic E-state index is 12.0. The van der Waals surface area contributed by atoms with Gasteiger partial charge >= 0.3 is 0 Å². The summed E-state index contributed by atoms with van der Waals surface area (Å²) < 4.78 is 5.36. The van der Waals surface area contributed by atoms with Crippen LogP contribution in [-0.2, 0) is 0 Å². The zero-order chi connectivity index (χ0) is 15.0. The molecule has 0 radical (unpaired) electrons. The third-order valence-corrected chi connectivity index (χ3v) is 4.52. The quantitative estimate of drug-likeness (QED) is 0.725. The van der Waals surface area contributed by atoms with Gasteiger partial charge in [-0.25, -0.2) is 0 Å². The van der Waals surface area contributed by atoms with Crippen LogP contribution in [0.3, 0.4) is 0 Å². The van der Waals surface area contributed by atoms with Crippen molar-refractivity contribution < 1.29 is 9.53 Å². The summed E-state index contributed by atoms with van der Waals surface area (Å²) in [6.07, 6.45) is 2.23. The molecular weight excluding hydrogens is 318 g/mol. The lowest BCUT2D eigenvalue weighted by molar-refractivity contribution is 0.0952.